The van der Waals surface area contributed by atoms with Gasteiger partial charge in [0.25, 0.3) is 0 Å². The number of rotatable bonds is 6. The second kappa shape index (κ2) is 10.3. The molecule has 3 heterocycles. The van der Waals surface area contributed by atoms with Gasteiger partial charge in [0.1, 0.15) is 5.01 Å². The van der Waals surface area contributed by atoms with Crippen molar-refractivity contribution in [2.45, 2.75) is 57.3 Å². The standard InChI is InChI=1S/C20H33F3N6S/c1-3-24-18(25-13-17-27-16(14-30-17)20(21,22)23)26-15-19(7-11-28(2)12-8-19)29-9-5-4-6-10-29/h14H,3-13,15H2,1-2H3,(H2,24,25,26). The number of piperidine rings is 2. The van der Waals surface area contributed by atoms with Gasteiger partial charge in [-0.1, -0.05) is 6.42 Å². The molecule has 30 heavy (non-hydrogen) atoms. The first-order valence-electron chi connectivity index (χ1n) is 10.8. The van der Waals surface area contributed by atoms with Crippen molar-refractivity contribution in [1.82, 2.24) is 25.4 Å². The summed E-state index contributed by atoms with van der Waals surface area (Å²) in [6.45, 7) is 8.02. The van der Waals surface area contributed by atoms with Crippen molar-refractivity contribution in [3.63, 3.8) is 0 Å². The summed E-state index contributed by atoms with van der Waals surface area (Å²) in [5.74, 6) is 0.636. The van der Waals surface area contributed by atoms with Crippen molar-refractivity contribution < 1.29 is 13.2 Å². The first kappa shape index (κ1) is 23.3. The maximum atomic E-state index is 12.8. The summed E-state index contributed by atoms with van der Waals surface area (Å²) in [6.07, 6.45) is 1.61. The maximum Gasteiger partial charge on any atom is 0.434 e. The highest BCUT2D eigenvalue weighted by molar-refractivity contribution is 7.09. The minimum atomic E-state index is -4.41. The Hall–Kier alpha value is -1.39. The molecule has 0 atom stereocenters. The Bertz CT molecular complexity index is 691. The zero-order valence-electron chi connectivity index (χ0n) is 17.9. The Morgan fingerprint density at radius 1 is 1.17 bits per heavy atom. The third-order valence-corrected chi connectivity index (χ3v) is 6.92. The van der Waals surface area contributed by atoms with Crippen LogP contribution in [0.3, 0.4) is 0 Å². The molecular formula is C20H33F3N6S. The first-order valence-corrected chi connectivity index (χ1v) is 11.7. The van der Waals surface area contributed by atoms with Gasteiger partial charge < -0.3 is 15.5 Å². The van der Waals surface area contributed by atoms with Gasteiger partial charge in [0, 0.05) is 24.0 Å². The summed E-state index contributed by atoms with van der Waals surface area (Å²) in [4.78, 5) is 13.2. The van der Waals surface area contributed by atoms with Crippen LogP contribution in [0.15, 0.2) is 10.4 Å². The molecule has 6 nitrogen and oxygen atoms in total. The van der Waals surface area contributed by atoms with E-state index in [1.54, 1.807) is 0 Å². The topological polar surface area (TPSA) is 55.8 Å². The molecule has 0 bridgehead atoms. The molecule has 2 fully saturated rings. The van der Waals surface area contributed by atoms with Crippen LogP contribution in [-0.4, -0.2) is 72.6 Å². The Labute approximate surface area is 180 Å². The minimum Gasteiger partial charge on any atom is -0.357 e. The van der Waals surface area contributed by atoms with Crippen LogP contribution in [-0.2, 0) is 12.7 Å². The fourth-order valence-electron chi connectivity index (χ4n) is 4.26. The molecule has 1 aromatic heterocycles. The molecule has 0 aliphatic carbocycles. The predicted molar refractivity (Wildman–Crippen MR) is 115 cm³/mol. The highest BCUT2D eigenvalue weighted by Gasteiger charge is 2.39. The molecule has 2 aliphatic heterocycles. The van der Waals surface area contributed by atoms with Gasteiger partial charge in [-0.2, -0.15) is 13.2 Å². The number of thiazole rings is 1. The highest BCUT2D eigenvalue weighted by atomic mass is 32.1. The van der Waals surface area contributed by atoms with Gasteiger partial charge in [0.15, 0.2) is 11.7 Å². The van der Waals surface area contributed by atoms with E-state index in [0.717, 1.165) is 62.3 Å². The van der Waals surface area contributed by atoms with Crippen molar-refractivity contribution >= 4 is 17.3 Å². The first-order chi connectivity index (χ1) is 14.3. The summed E-state index contributed by atoms with van der Waals surface area (Å²) in [5, 5.41) is 8.12. The lowest BCUT2D eigenvalue weighted by molar-refractivity contribution is -0.140. The van der Waals surface area contributed by atoms with Crippen LogP contribution < -0.4 is 10.6 Å². The predicted octanol–water partition coefficient (Wildman–Crippen LogP) is 3.17. The maximum absolute atomic E-state index is 12.8. The second-order valence-corrected chi connectivity index (χ2v) is 9.19. The van der Waals surface area contributed by atoms with Gasteiger partial charge in [0.05, 0.1) is 6.54 Å². The van der Waals surface area contributed by atoms with Gasteiger partial charge in [-0.3, -0.25) is 4.90 Å². The van der Waals surface area contributed by atoms with Crippen molar-refractivity contribution in [2.24, 2.45) is 4.99 Å². The SMILES string of the molecule is CCNC(=NCc1nc(C(F)(F)F)cs1)NCC1(N2CCCCC2)CCN(C)CC1. The lowest BCUT2D eigenvalue weighted by Crippen LogP contribution is -2.62. The molecular weight excluding hydrogens is 413 g/mol. The number of hydrogen-bond donors (Lipinski definition) is 2. The van der Waals surface area contributed by atoms with E-state index in [0.29, 0.717) is 17.5 Å². The van der Waals surface area contributed by atoms with E-state index in [1.165, 1.54) is 19.3 Å². The Morgan fingerprint density at radius 3 is 2.47 bits per heavy atom. The quantitative estimate of drug-likeness (QED) is 0.519. The van der Waals surface area contributed by atoms with Crippen LogP contribution in [0.1, 0.15) is 49.7 Å². The van der Waals surface area contributed by atoms with Crippen molar-refractivity contribution in [2.75, 3.05) is 46.3 Å². The molecule has 3 rings (SSSR count). The number of nitrogens with one attached hydrogen (secondary N) is 2. The molecule has 0 aromatic carbocycles. The lowest BCUT2D eigenvalue weighted by atomic mass is 9.84. The van der Waals surface area contributed by atoms with E-state index in [9.17, 15) is 13.2 Å². The molecule has 10 heteroatoms. The molecule has 2 saturated heterocycles. The number of guanidine groups is 1. The van der Waals surface area contributed by atoms with E-state index < -0.39 is 11.9 Å². The number of likely N-dealkylation sites (tertiary alicyclic amines) is 2. The summed E-state index contributed by atoms with van der Waals surface area (Å²) in [5.41, 5.74) is -0.737. The summed E-state index contributed by atoms with van der Waals surface area (Å²) in [6, 6.07) is 0. The van der Waals surface area contributed by atoms with Crippen molar-refractivity contribution in [1.29, 1.82) is 0 Å². The summed E-state index contributed by atoms with van der Waals surface area (Å²) < 4.78 is 38.3. The normalized spacial score (nSPS) is 21.6. The van der Waals surface area contributed by atoms with Gasteiger partial charge >= 0.3 is 6.18 Å². The summed E-state index contributed by atoms with van der Waals surface area (Å²) in [7, 11) is 2.17. The molecule has 0 saturated carbocycles. The fourth-order valence-corrected chi connectivity index (χ4v) is 4.98. The third kappa shape index (κ3) is 6.07. The molecule has 0 radical (unpaired) electrons. The molecule has 1 aromatic rings. The molecule has 0 unspecified atom stereocenters. The second-order valence-electron chi connectivity index (χ2n) is 8.25. The van der Waals surface area contributed by atoms with Gasteiger partial charge in [-0.25, -0.2) is 9.98 Å². The van der Waals surface area contributed by atoms with Crippen LogP contribution >= 0.6 is 11.3 Å². The average Bonchev–Trinajstić information content (AvgIpc) is 3.22. The average molecular weight is 447 g/mol. The number of alkyl halides is 3. The monoisotopic (exact) mass is 446 g/mol. The van der Waals surface area contributed by atoms with E-state index in [-0.39, 0.29) is 12.1 Å². The zero-order valence-corrected chi connectivity index (χ0v) is 18.7. The van der Waals surface area contributed by atoms with E-state index in [1.807, 2.05) is 6.92 Å². The Kier molecular flexibility index (Phi) is 7.98. The fraction of sp³-hybridized carbons (Fsp3) is 0.800. The van der Waals surface area contributed by atoms with Gasteiger partial charge in [0.2, 0.25) is 0 Å². The van der Waals surface area contributed by atoms with E-state index in [4.69, 9.17) is 0 Å². The number of hydrogen-bond acceptors (Lipinski definition) is 5. The van der Waals surface area contributed by atoms with Crippen LogP contribution in [0.2, 0.25) is 0 Å². The smallest absolute Gasteiger partial charge is 0.357 e. The molecule has 2 N–H and O–H groups in total. The number of halogens is 3. The molecule has 170 valence electrons. The molecule has 2 aliphatic rings. The summed E-state index contributed by atoms with van der Waals surface area (Å²) >= 11 is 0.997. The van der Waals surface area contributed by atoms with E-state index in [2.05, 4.69) is 37.5 Å². The minimum absolute atomic E-state index is 0.105. The third-order valence-electron chi connectivity index (χ3n) is 6.09. The van der Waals surface area contributed by atoms with Crippen LogP contribution in [0.5, 0.6) is 0 Å². The number of aromatic nitrogens is 1. The van der Waals surface area contributed by atoms with Crippen LogP contribution in [0.4, 0.5) is 13.2 Å². The Balaban J connectivity index is 1.66. The van der Waals surface area contributed by atoms with Gasteiger partial charge in [-0.15, -0.1) is 11.3 Å². The highest BCUT2D eigenvalue weighted by Crippen LogP contribution is 2.31. The lowest BCUT2D eigenvalue weighted by Gasteiger charge is -2.50. The van der Waals surface area contributed by atoms with Crippen LogP contribution in [0.25, 0.3) is 0 Å². The molecule has 0 amide bonds. The molecule has 0 spiro atoms. The van der Waals surface area contributed by atoms with Crippen LogP contribution in [0, 0.1) is 0 Å². The van der Waals surface area contributed by atoms with Crippen molar-refractivity contribution in [3.05, 3.63) is 16.1 Å². The number of aliphatic imine (C=N–C) groups is 1. The number of nitrogens with zero attached hydrogens (tertiary/aromatic N) is 4. The largest absolute Gasteiger partial charge is 0.434 e. The van der Waals surface area contributed by atoms with Gasteiger partial charge in [-0.05, 0) is 65.8 Å². The van der Waals surface area contributed by atoms with Crippen molar-refractivity contribution in [3.8, 4) is 0 Å². The van der Waals surface area contributed by atoms with E-state index >= 15 is 0 Å². The Morgan fingerprint density at radius 2 is 1.87 bits per heavy atom. The zero-order chi connectivity index (χ0) is 21.6.